The molecule has 0 heterocycles. The highest BCUT2D eigenvalue weighted by Gasteiger charge is 2.25. The van der Waals surface area contributed by atoms with E-state index in [1.807, 2.05) is 0 Å². The van der Waals surface area contributed by atoms with Gasteiger partial charge in [0, 0.05) is 12.0 Å². The van der Waals surface area contributed by atoms with E-state index < -0.39 is 27.7 Å². The lowest BCUT2D eigenvalue weighted by Gasteiger charge is -2.17. The fourth-order valence-corrected chi connectivity index (χ4v) is 2.01. The van der Waals surface area contributed by atoms with E-state index in [0.29, 0.717) is 0 Å². The van der Waals surface area contributed by atoms with E-state index in [1.54, 1.807) is 20.8 Å². The molecule has 0 saturated carbocycles. The molecule has 6 heteroatoms. The molecule has 1 unspecified atom stereocenters. The Balaban J connectivity index is 2.82. The van der Waals surface area contributed by atoms with Crippen LogP contribution in [-0.4, -0.2) is 15.5 Å². The minimum atomic E-state index is -1.42. The summed E-state index contributed by atoms with van der Waals surface area (Å²) in [5.41, 5.74) is -0.0842. The van der Waals surface area contributed by atoms with Gasteiger partial charge in [0.2, 0.25) is 0 Å². The highest BCUT2D eigenvalue weighted by Crippen LogP contribution is 2.22. The zero-order valence-corrected chi connectivity index (χ0v) is 12.7. The third-order valence-electron chi connectivity index (χ3n) is 2.13. The molecule has 1 rings (SSSR count). The van der Waals surface area contributed by atoms with Crippen molar-refractivity contribution < 1.29 is 13.3 Å². The van der Waals surface area contributed by atoms with Gasteiger partial charge in [0.25, 0.3) is 0 Å². The Morgan fingerprint density at radius 3 is 2.56 bits per heavy atom. The Labute approximate surface area is 117 Å². The van der Waals surface area contributed by atoms with Gasteiger partial charge < -0.3 is 4.55 Å². The number of hydrogen-bond donors (Lipinski definition) is 0. The van der Waals surface area contributed by atoms with Crippen LogP contribution in [0.15, 0.2) is 21.0 Å². The van der Waals surface area contributed by atoms with E-state index in [9.17, 15) is 13.3 Å². The first kappa shape index (κ1) is 15.6. The van der Waals surface area contributed by atoms with Crippen molar-refractivity contribution in [2.75, 3.05) is 0 Å². The van der Waals surface area contributed by atoms with Gasteiger partial charge in [-0.05, 0) is 48.8 Å². The van der Waals surface area contributed by atoms with Gasteiger partial charge in [0.1, 0.15) is 27.7 Å². The highest BCUT2D eigenvalue weighted by molar-refractivity contribution is 9.10. The fourth-order valence-electron chi connectivity index (χ4n) is 1.11. The smallest absolute Gasteiger partial charge is 0.144 e. The molecule has 0 saturated heterocycles. The second-order valence-corrected chi connectivity index (χ2v) is 7.46. The van der Waals surface area contributed by atoms with Crippen LogP contribution in [0.25, 0.3) is 0 Å². The van der Waals surface area contributed by atoms with Crippen molar-refractivity contribution in [2.24, 2.45) is 4.40 Å². The van der Waals surface area contributed by atoms with Crippen molar-refractivity contribution in [1.29, 1.82) is 0 Å². The van der Waals surface area contributed by atoms with Crippen LogP contribution < -0.4 is 0 Å². The summed E-state index contributed by atoms with van der Waals surface area (Å²) in [7, 11) is 0. The van der Waals surface area contributed by atoms with Crippen LogP contribution in [0.3, 0.4) is 0 Å². The first-order valence-corrected chi connectivity index (χ1v) is 7.20. The van der Waals surface area contributed by atoms with Gasteiger partial charge in [0.05, 0.1) is 10.7 Å². The zero-order chi connectivity index (χ0) is 13.9. The van der Waals surface area contributed by atoms with E-state index >= 15 is 0 Å². The number of halogens is 3. The lowest BCUT2D eigenvalue weighted by atomic mass is 10.1. The molecular formula is C12H14BrF2NOS. The average Bonchev–Trinajstić information content (AvgIpc) is 2.27. The number of nitrogens with zero attached hydrogens (tertiary/aromatic N) is 1. The van der Waals surface area contributed by atoms with Crippen molar-refractivity contribution in [2.45, 2.75) is 31.9 Å². The molecule has 1 atom stereocenters. The molecule has 0 aliphatic carbocycles. The van der Waals surface area contributed by atoms with Gasteiger partial charge in [-0.1, -0.05) is 4.40 Å². The summed E-state index contributed by atoms with van der Waals surface area (Å²) < 4.78 is 42.1. The van der Waals surface area contributed by atoms with Gasteiger partial charge >= 0.3 is 0 Å². The van der Waals surface area contributed by atoms with Crippen molar-refractivity contribution in [3.8, 4) is 0 Å². The van der Waals surface area contributed by atoms with E-state index in [2.05, 4.69) is 20.3 Å². The Morgan fingerprint density at radius 2 is 2.00 bits per heavy atom. The predicted octanol–water partition coefficient (Wildman–Crippen LogP) is 3.80. The summed E-state index contributed by atoms with van der Waals surface area (Å²) in [4.78, 5) is 0. The maximum atomic E-state index is 13.6. The summed E-state index contributed by atoms with van der Waals surface area (Å²) in [6, 6.07) is 2.48. The lowest BCUT2D eigenvalue weighted by Crippen LogP contribution is -2.25. The normalized spacial score (nSPS) is 14.2. The van der Waals surface area contributed by atoms with Crippen molar-refractivity contribution in [1.82, 2.24) is 0 Å². The first-order chi connectivity index (χ1) is 8.23. The Hall–Kier alpha value is -0.460. The van der Waals surface area contributed by atoms with Crippen LogP contribution in [0.5, 0.6) is 0 Å². The summed E-state index contributed by atoms with van der Waals surface area (Å²) in [6.45, 7) is 5.34. The molecule has 0 radical (unpaired) electrons. The minimum Gasteiger partial charge on any atom is -0.591 e. The van der Waals surface area contributed by atoms with Crippen LogP contribution in [-0.2, 0) is 17.8 Å². The van der Waals surface area contributed by atoms with Crippen molar-refractivity contribution in [3.05, 3.63) is 33.8 Å². The summed E-state index contributed by atoms with van der Waals surface area (Å²) in [5.74, 6) is -1.29. The molecule has 0 fully saturated rings. The summed E-state index contributed by atoms with van der Waals surface area (Å²) in [5, 5.41) is 0. The Bertz CT molecular complexity index is 460. The average molecular weight is 338 g/mol. The third-order valence-corrected chi connectivity index (χ3v) is 4.13. The molecule has 1 aromatic rings. The van der Waals surface area contributed by atoms with E-state index in [4.69, 9.17) is 0 Å². The zero-order valence-electron chi connectivity index (χ0n) is 10.3. The van der Waals surface area contributed by atoms with Gasteiger partial charge in [-0.2, -0.15) is 0 Å². The number of hydrogen-bond acceptors (Lipinski definition) is 2. The summed E-state index contributed by atoms with van der Waals surface area (Å²) >= 11 is 1.57. The Kier molecular flexibility index (Phi) is 5.31. The Morgan fingerprint density at radius 1 is 1.39 bits per heavy atom. The molecule has 2 nitrogen and oxygen atoms in total. The van der Waals surface area contributed by atoms with Crippen LogP contribution in [0.1, 0.15) is 26.3 Å². The molecule has 0 bridgehead atoms. The number of benzene rings is 1. The molecular weight excluding hydrogens is 324 g/mol. The monoisotopic (exact) mass is 337 g/mol. The maximum absolute atomic E-state index is 13.6. The second kappa shape index (κ2) is 6.12. The molecule has 0 aliphatic rings. The SMILES string of the molecule is CC(C)(C)[S+]([O-])N=CCc1c(F)ccc(Br)c1F. The molecule has 0 spiro atoms. The van der Waals surface area contributed by atoms with Crippen molar-refractivity contribution >= 4 is 33.5 Å². The molecule has 0 aromatic heterocycles. The quantitative estimate of drug-likeness (QED) is 0.469. The van der Waals surface area contributed by atoms with Gasteiger partial charge in [-0.3, -0.25) is 0 Å². The van der Waals surface area contributed by atoms with Gasteiger partial charge in [-0.15, -0.1) is 0 Å². The van der Waals surface area contributed by atoms with Crippen LogP contribution in [0.4, 0.5) is 8.78 Å². The van der Waals surface area contributed by atoms with Gasteiger partial charge in [-0.25, -0.2) is 8.78 Å². The molecule has 0 aliphatic heterocycles. The molecule has 0 amide bonds. The topological polar surface area (TPSA) is 35.4 Å². The third kappa shape index (κ3) is 4.03. The van der Waals surface area contributed by atoms with E-state index in [0.717, 1.165) is 0 Å². The van der Waals surface area contributed by atoms with Crippen molar-refractivity contribution in [3.63, 3.8) is 0 Å². The van der Waals surface area contributed by atoms with E-state index in [1.165, 1.54) is 18.3 Å². The first-order valence-electron chi connectivity index (χ1n) is 5.30. The largest absolute Gasteiger partial charge is 0.591 e. The lowest BCUT2D eigenvalue weighted by molar-refractivity contribution is 0.558. The van der Waals surface area contributed by atoms with Crippen LogP contribution in [0, 0.1) is 11.6 Å². The molecule has 100 valence electrons. The predicted molar refractivity (Wildman–Crippen MR) is 74.1 cm³/mol. The van der Waals surface area contributed by atoms with Crippen LogP contribution >= 0.6 is 15.9 Å². The van der Waals surface area contributed by atoms with Crippen LogP contribution in [0.2, 0.25) is 0 Å². The fraction of sp³-hybridized carbons (Fsp3) is 0.417. The number of rotatable bonds is 3. The standard InChI is InChI=1S/C12H14BrF2NOS/c1-12(2,3)18(17)16-7-6-8-10(14)5-4-9(13)11(8)15/h4-5,7H,6H2,1-3H3. The highest BCUT2D eigenvalue weighted by atomic mass is 79.9. The maximum Gasteiger partial charge on any atom is 0.144 e. The second-order valence-electron chi connectivity index (χ2n) is 4.68. The molecule has 18 heavy (non-hydrogen) atoms. The van der Waals surface area contributed by atoms with Gasteiger partial charge in [0.15, 0.2) is 0 Å². The van der Waals surface area contributed by atoms with E-state index in [-0.39, 0.29) is 16.5 Å². The molecule has 0 N–H and O–H groups in total. The summed E-state index contributed by atoms with van der Waals surface area (Å²) in [6.07, 6.45) is 1.26. The molecule has 1 aromatic carbocycles. The minimum absolute atomic E-state index is 0.0288.